The maximum absolute atomic E-state index is 12.5. The molecule has 0 aliphatic carbocycles. The van der Waals surface area contributed by atoms with Crippen LogP contribution in [-0.2, 0) is 4.79 Å². The van der Waals surface area contributed by atoms with E-state index < -0.39 is 0 Å². The fraction of sp³-hybridized carbons (Fsp3) is 0.474. The third kappa shape index (κ3) is 4.03. The van der Waals surface area contributed by atoms with Gasteiger partial charge in [0.2, 0.25) is 5.91 Å². The molecule has 0 spiro atoms. The molecule has 1 aromatic carbocycles. The average molecular weight is 329 g/mol. The van der Waals surface area contributed by atoms with E-state index in [4.69, 9.17) is 0 Å². The lowest BCUT2D eigenvalue weighted by atomic mass is 9.79. The zero-order valence-electron chi connectivity index (χ0n) is 15.0. The van der Waals surface area contributed by atoms with Gasteiger partial charge in [0.1, 0.15) is 0 Å². The first-order chi connectivity index (χ1) is 11.2. The summed E-state index contributed by atoms with van der Waals surface area (Å²) in [6.45, 7) is 9.80. The van der Waals surface area contributed by atoms with Gasteiger partial charge < -0.3 is 15.1 Å². The number of nitrogens with zero attached hydrogens (tertiary/aromatic N) is 2. The highest BCUT2D eigenvalue weighted by atomic mass is 16.2. The van der Waals surface area contributed by atoms with Crippen molar-refractivity contribution in [3.05, 3.63) is 42.5 Å². The van der Waals surface area contributed by atoms with Crippen LogP contribution in [0.3, 0.4) is 0 Å². The van der Waals surface area contributed by atoms with Gasteiger partial charge in [0.25, 0.3) is 5.91 Å². The number of piperidine rings is 1. The molecule has 1 aliphatic rings. The van der Waals surface area contributed by atoms with Crippen LogP contribution in [0.2, 0.25) is 0 Å². The average Bonchev–Trinajstić information content (AvgIpc) is 2.55. The van der Waals surface area contributed by atoms with Gasteiger partial charge in [0, 0.05) is 30.9 Å². The van der Waals surface area contributed by atoms with Crippen molar-refractivity contribution in [1.29, 1.82) is 0 Å². The lowest BCUT2D eigenvalue weighted by molar-refractivity contribution is -0.113. The standard InChI is InChI=1S/C19H27N3O2/c1-6-17(23)22(5)15-9-7-14(8-10-15)18(24)20-16-11-12-21(4)13-19(16,2)3/h6-10,16H,1,11-13H2,2-5H3,(H,20,24). The Morgan fingerprint density at radius 3 is 2.50 bits per heavy atom. The summed E-state index contributed by atoms with van der Waals surface area (Å²) in [6, 6.07) is 7.21. The molecule has 5 nitrogen and oxygen atoms in total. The molecule has 1 unspecified atom stereocenters. The van der Waals surface area contributed by atoms with Crippen LogP contribution < -0.4 is 10.2 Å². The highest BCUT2D eigenvalue weighted by Crippen LogP contribution is 2.28. The summed E-state index contributed by atoms with van der Waals surface area (Å²) in [5.74, 6) is -0.248. The van der Waals surface area contributed by atoms with Crippen LogP contribution in [0.25, 0.3) is 0 Å². The third-order valence-electron chi connectivity index (χ3n) is 4.75. The van der Waals surface area contributed by atoms with Gasteiger partial charge in [-0.15, -0.1) is 0 Å². The first-order valence-electron chi connectivity index (χ1n) is 8.24. The highest BCUT2D eigenvalue weighted by molar-refractivity contribution is 6.01. The molecule has 1 saturated heterocycles. The quantitative estimate of drug-likeness (QED) is 0.863. The molecule has 1 fully saturated rings. The van der Waals surface area contributed by atoms with Crippen LogP contribution >= 0.6 is 0 Å². The molecule has 1 atom stereocenters. The second-order valence-corrected chi connectivity index (χ2v) is 7.19. The van der Waals surface area contributed by atoms with Crippen molar-refractivity contribution in [3.8, 4) is 0 Å². The number of benzene rings is 1. The minimum absolute atomic E-state index is 0.0409. The van der Waals surface area contributed by atoms with Crippen molar-refractivity contribution >= 4 is 17.5 Å². The number of likely N-dealkylation sites (N-methyl/N-ethyl adjacent to an activating group) is 1. The maximum atomic E-state index is 12.5. The number of anilines is 1. The minimum atomic E-state index is -0.180. The van der Waals surface area contributed by atoms with Gasteiger partial charge in [-0.1, -0.05) is 20.4 Å². The molecule has 1 heterocycles. The topological polar surface area (TPSA) is 52.7 Å². The number of likely N-dealkylation sites (tertiary alicyclic amines) is 1. The summed E-state index contributed by atoms with van der Waals surface area (Å²) in [6.07, 6.45) is 2.21. The molecule has 1 aliphatic heterocycles. The molecule has 1 N–H and O–H groups in total. The summed E-state index contributed by atoms with van der Waals surface area (Å²) in [4.78, 5) is 27.9. The largest absolute Gasteiger partial charge is 0.349 e. The Labute approximate surface area is 144 Å². The van der Waals surface area contributed by atoms with Crippen LogP contribution in [0, 0.1) is 5.41 Å². The summed E-state index contributed by atoms with van der Waals surface area (Å²) < 4.78 is 0. The zero-order valence-corrected chi connectivity index (χ0v) is 15.0. The van der Waals surface area contributed by atoms with Gasteiger partial charge in [-0.25, -0.2) is 0 Å². The first kappa shape index (κ1) is 18.2. The number of carbonyl (C=O) groups is 2. The van der Waals surface area contributed by atoms with Crippen LogP contribution in [0.4, 0.5) is 5.69 Å². The fourth-order valence-electron chi connectivity index (χ4n) is 3.23. The summed E-state index contributed by atoms with van der Waals surface area (Å²) >= 11 is 0. The molecule has 2 amide bonds. The molecular formula is C19H27N3O2. The zero-order chi connectivity index (χ0) is 17.9. The van der Waals surface area contributed by atoms with Crippen molar-refractivity contribution in [2.45, 2.75) is 26.3 Å². The lowest BCUT2D eigenvalue weighted by Gasteiger charge is -2.43. The number of hydrogen-bond acceptors (Lipinski definition) is 3. The SMILES string of the molecule is C=CC(=O)N(C)c1ccc(C(=O)NC2CCN(C)CC2(C)C)cc1. The van der Waals surface area contributed by atoms with E-state index in [-0.39, 0.29) is 23.3 Å². The molecule has 0 bridgehead atoms. The number of carbonyl (C=O) groups excluding carboxylic acids is 2. The second-order valence-electron chi connectivity index (χ2n) is 7.19. The Morgan fingerprint density at radius 1 is 1.33 bits per heavy atom. The van der Waals surface area contributed by atoms with E-state index in [1.165, 1.54) is 11.0 Å². The molecule has 0 saturated carbocycles. The first-order valence-corrected chi connectivity index (χ1v) is 8.24. The van der Waals surface area contributed by atoms with Gasteiger partial charge in [-0.3, -0.25) is 9.59 Å². The molecule has 0 radical (unpaired) electrons. The molecule has 24 heavy (non-hydrogen) atoms. The predicted octanol–water partition coefficient (Wildman–Crippen LogP) is 2.30. The van der Waals surface area contributed by atoms with Crippen molar-refractivity contribution in [1.82, 2.24) is 10.2 Å². The van der Waals surface area contributed by atoms with E-state index in [2.05, 4.69) is 37.7 Å². The number of nitrogens with one attached hydrogen (secondary N) is 1. The number of hydrogen-bond donors (Lipinski definition) is 1. The Morgan fingerprint density at radius 2 is 1.96 bits per heavy atom. The van der Waals surface area contributed by atoms with Gasteiger partial charge in [-0.2, -0.15) is 0 Å². The van der Waals surface area contributed by atoms with Crippen LogP contribution in [0.15, 0.2) is 36.9 Å². The van der Waals surface area contributed by atoms with Crippen LogP contribution in [0.5, 0.6) is 0 Å². The Hall–Kier alpha value is -2.14. The van der Waals surface area contributed by atoms with Crippen molar-refractivity contribution in [2.24, 2.45) is 5.41 Å². The van der Waals surface area contributed by atoms with E-state index in [0.717, 1.165) is 25.2 Å². The van der Waals surface area contributed by atoms with E-state index >= 15 is 0 Å². The van der Waals surface area contributed by atoms with Gasteiger partial charge in [-0.05, 0) is 55.8 Å². The van der Waals surface area contributed by atoms with Crippen molar-refractivity contribution in [3.63, 3.8) is 0 Å². The summed E-state index contributed by atoms with van der Waals surface area (Å²) in [7, 11) is 3.79. The predicted molar refractivity (Wildman–Crippen MR) is 97.2 cm³/mol. The minimum Gasteiger partial charge on any atom is -0.349 e. The van der Waals surface area contributed by atoms with Crippen molar-refractivity contribution in [2.75, 3.05) is 32.1 Å². The molecular weight excluding hydrogens is 302 g/mol. The van der Waals surface area contributed by atoms with Crippen LogP contribution in [0.1, 0.15) is 30.6 Å². The maximum Gasteiger partial charge on any atom is 0.251 e. The van der Waals surface area contributed by atoms with Gasteiger partial charge in [0.05, 0.1) is 0 Å². The number of rotatable bonds is 4. The molecule has 0 aromatic heterocycles. The van der Waals surface area contributed by atoms with E-state index in [9.17, 15) is 9.59 Å². The van der Waals surface area contributed by atoms with Gasteiger partial charge in [0.15, 0.2) is 0 Å². The monoisotopic (exact) mass is 329 g/mol. The summed E-state index contributed by atoms with van der Waals surface area (Å²) in [5.41, 5.74) is 1.38. The van der Waals surface area contributed by atoms with Crippen LogP contribution in [-0.4, -0.2) is 49.9 Å². The molecule has 130 valence electrons. The van der Waals surface area contributed by atoms with E-state index in [0.29, 0.717) is 5.56 Å². The molecule has 5 heteroatoms. The normalized spacial score (nSPS) is 20.2. The van der Waals surface area contributed by atoms with E-state index in [1.807, 2.05) is 0 Å². The highest BCUT2D eigenvalue weighted by Gasteiger charge is 2.35. The summed E-state index contributed by atoms with van der Waals surface area (Å²) in [5, 5.41) is 3.17. The fourth-order valence-corrected chi connectivity index (χ4v) is 3.23. The van der Waals surface area contributed by atoms with E-state index in [1.54, 1.807) is 31.3 Å². The second kappa shape index (κ2) is 7.18. The smallest absolute Gasteiger partial charge is 0.251 e. The molecule has 1 aromatic rings. The Balaban J connectivity index is 2.05. The Kier molecular flexibility index (Phi) is 5.44. The molecule has 2 rings (SSSR count). The van der Waals surface area contributed by atoms with Crippen molar-refractivity contribution < 1.29 is 9.59 Å². The third-order valence-corrected chi connectivity index (χ3v) is 4.75. The Bertz CT molecular complexity index is 622. The van der Waals surface area contributed by atoms with Gasteiger partial charge >= 0.3 is 0 Å². The lowest BCUT2D eigenvalue weighted by Crippen LogP contribution is -2.54. The number of amides is 2.